The lowest BCUT2D eigenvalue weighted by molar-refractivity contribution is 0.262. The van der Waals surface area contributed by atoms with Gasteiger partial charge in [-0.1, -0.05) is 22.8 Å². The molecule has 10 heteroatoms. The molecule has 0 radical (unpaired) electrons. The van der Waals surface area contributed by atoms with Crippen molar-refractivity contribution in [2.24, 2.45) is 7.05 Å². The summed E-state index contributed by atoms with van der Waals surface area (Å²) in [6.07, 6.45) is 3.41. The van der Waals surface area contributed by atoms with Crippen LogP contribution < -0.4 is 4.74 Å². The second-order valence-corrected chi connectivity index (χ2v) is 5.81. The van der Waals surface area contributed by atoms with Gasteiger partial charge in [-0.3, -0.25) is 9.55 Å². The number of aromatic nitrogens is 8. The fraction of sp³-hybridized carbons (Fsp3) is 0.125. The average Bonchev–Trinajstić information content (AvgIpc) is 3.28. The van der Waals surface area contributed by atoms with Crippen LogP contribution in [0.15, 0.2) is 48.8 Å². The molecule has 0 N–H and O–H groups in total. The molecule has 4 rings (SSSR count). The molecule has 0 unspecified atom stereocenters. The predicted molar refractivity (Wildman–Crippen MR) is 92.7 cm³/mol. The number of ether oxygens (including phenoxy) is 1. The molecule has 9 nitrogen and oxygen atoms in total. The number of benzene rings is 1. The van der Waals surface area contributed by atoms with E-state index in [0.29, 0.717) is 28.4 Å². The van der Waals surface area contributed by atoms with Crippen LogP contribution in [-0.2, 0) is 13.7 Å². The van der Waals surface area contributed by atoms with E-state index in [-0.39, 0.29) is 6.61 Å². The van der Waals surface area contributed by atoms with Crippen LogP contribution in [0.25, 0.3) is 17.1 Å². The average molecular weight is 369 g/mol. The van der Waals surface area contributed by atoms with Crippen LogP contribution in [-0.4, -0.2) is 40.0 Å². The maximum absolute atomic E-state index is 5.98. The smallest absolute Gasteiger partial charge is 0.317 e. The van der Waals surface area contributed by atoms with Crippen molar-refractivity contribution in [1.82, 2.24) is 40.0 Å². The highest BCUT2D eigenvalue weighted by Crippen LogP contribution is 2.19. The molecule has 0 saturated heterocycles. The molecule has 0 saturated carbocycles. The van der Waals surface area contributed by atoms with Gasteiger partial charge in [-0.05, 0) is 35.5 Å². The van der Waals surface area contributed by atoms with Crippen LogP contribution >= 0.6 is 11.6 Å². The molecule has 4 aromatic rings. The standard InChI is InChI=1S/C16H13ClN8O/c1-24-15(11-4-3-7-18-9-11)20-21-16(24)26-10-14-19-23-25(22-14)13-6-2-5-12(17)8-13/h2-9H,10H2,1H3. The van der Waals surface area contributed by atoms with E-state index in [2.05, 4.69) is 30.6 Å². The van der Waals surface area contributed by atoms with Crippen LogP contribution in [0.4, 0.5) is 0 Å². The monoisotopic (exact) mass is 368 g/mol. The van der Waals surface area contributed by atoms with Crippen molar-refractivity contribution in [2.45, 2.75) is 6.61 Å². The Labute approximate surface area is 153 Å². The zero-order chi connectivity index (χ0) is 17.9. The first-order valence-corrected chi connectivity index (χ1v) is 8.06. The van der Waals surface area contributed by atoms with E-state index in [9.17, 15) is 0 Å². The van der Waals surface area contributed by atoms with E-state index < -0.39 is 0 Å². The van der Waals surface area contributed by atoms with Gasteiger partial charge in [0.25, 0.3) is 0 Å². The SMILES string of the molecule is Cn1c(OCc2nnn(-c3cccc(Cl)c3)n2)nnc1-c1cccnc1. The fourth-order valence-corrected chi connectivity index (χ4v) is 2.51. The molecule has 3 heterocycles. The van der Waals surface area contributed by atoms with E-state index in [1.54, 1.807) is 29.1 Å². The van der Waals surface area contributed by atoms with E-state index in [0.717, 1.165) is 5.56 Å². The lowest BCUT2D eigenvalue weighted by atomic mass is 10.3. The first-order valence-electron chi connectivity index (χ1n) is 7.68. The molecule has 0 spiro atoms. The minimum atomic E-state index is 0.111. The van der Waals surface area contributed by atoms with Crippen molar-refractivity contribution in [2.75, 3.05) is 0 Å². The Morgan fingerprint density at radius 1 is 1.12 bits per heavy atom. The van der Waals surface area contributed by atoms with Gasteiger partial charge in [0.1, 0.15) is 0 Å². The minimum Gasteiger partial charge on any atom is -0.455 e. The molecule has 0 fully saturated rings. The Bertz CT molecular complexity index is 1030. The summed E-state index contributed by atoms with van der Waals surface area (Å²) in [4.78, 5) is 5.47. The summed E-state index contributed by atoms with van der Waals surface area (Å²) in [6.45, 7) is 0.111. The zero-order valence-electron chi connectivity index (χ0n) is 13.7. The Morgan fingerprint density at radius 2 is 2.04 bits per heavy atom. The van der Waals surface area contributed by atoms with Crippen molar-refractivity contribution >= 4 is 11.6 Å². The van der Waals surface area contributed by atoms with Gasteiger partial charge in [-0.15, -0.1) is 20.1 Å². The van der Waals surface area contributed by atoms with Gasteiger partial charge in [0.05, 0.1) is 5.69 Å². The number of tetrazole rings is 1. The first-order chi connectivity index (χ1) is 12.7. The fourth-order valence-electron chi connectivity index (χ4n) is 2.33. The van der Waals surface area contributed by atoms with E-state index in [1.165, 1.54) is 4.80 Å². The molecule has 1 aromatic carbocycles. The van der Waals surface area contributed by atoms with Crippen LogP contribution in [0.3, 0.4) is 0 Å². The molecular formula is C16H13ClN8O. The highest BCUT2D eigenvalue weighted by molar-refractivity contribution is 6.30. The van der Waals surface area contributed by atoms with E-state index in [4.69, 9.17) is 16.3 Å². The maximum Gasteiger partial charge on any atom is 0.317 e. The molecular weight excluding hydrogens is 356 g/mol. The second-order valence-electron chi connectivity index (χ2n) is 5.37. The number of rotatable bonds is 5. The van der Waals surface area contributed by atoms with Crippen molar-refractivity contribution in [3.63, 3.8) is 0 Å². The van der Waals surface area contributed by atoms with Gasteiger partial charge in [0.15, 0.2) is 12.4 Å². The molecule has 0 amide bonds. The molecule has 0 atom stereocenters. The van der Waals surface area contributed by atoms with Gasteiger partial charge < -0.3 is 4.74 Å². The van der Waals surface area contributed by atoms with Gasteiger partial charge in [0.2, 0.25) is 5.82 Å². The van der Waals surface area contributed by atoms with Crippen molar-refractivity contribution < 1.29 is 4.74 Å². The molecule has 130 valence electrons. The highest BCUT2D eigenvalue weighted by Gasteiger charge is 2.13. The topological polar surface area (TPSA) is 96.4 Å². The summed E-state index contributed by atoms with van der Waals surface area (Å²) in [6, 6.07) is 11.3. The van der Waals surface area contributed by atoms with Crippen LogP contribution in [0.2, 0.25) is 5.02 Å². The second kappa shape index (κ2) is 6.89. The summed E-state index contributed by atoms with van der Waals surface area (Å²) in [5, 5.41) is 21.0. The van der Waals surface area contributed by atoms with Crippen LogP contribution in [0.5, 0.6) is 6.01 Å². The summed E-state index contributed by atoms with van der Waals surface area (Å²) in [5.74, 6) is 1.07. The third-order valence-electron chi connectivity index (χ3n) is 3.58. The largest absolute Gasteiger partial charge is 0.455 e. The highest BCUT2D eigenvalue weighted by atomic mass is 35.5. The van der Waals surface area contributed by atoms with Gasteiger partial charge in [-0.25, -0.2) is 0 Å². The number of pyridine rings is 1. The molecule has 26 heavy (non-hydrogen) atoms. The summed E-state index contributed by atoms with van der Waals surface area (Å²) < 4.78 is 7.40. The lowest BCUT2D eigenvalue weighted by Crippen LogP contribution is -2.04. The Balaban J connectivity index is 1.48. The van der Waals surface area contributed by atoms with Crippen molar-refractivity contribution in [3.8, 4) is 23.1 Å². The maximum atomic E-state index is 5.98. The number of nitrogens with zero attached hydrogens (tertiary/aromatic N) is 8. The Kier molecular flexibility index (Phi) is 4.28. The molecule has 0 aliphatic carbocycles. The minimum absolute atomic E-state index is 0.111. The summed E-state index contributed by atoms with van der Waals surface area (Å²) >= 11 is 5.98. The molecule has 3 aromatic heterocycles. The lowest BCUT2D eigenvalue weighted by Gasteiger charge is -2.04. The Hall–Kier alpha value is -3.33. The molecule has 0 aliphatic heterocycles. The predicted octanol–water partition coefficient (Wildman–Crippen LogP) is 2.09. The summed E-state index contributed by atoms with van der Waals surface area (Å²) in [7, 11) is 1.81. The Morgan fingerprint density at radius 3 is 2.85 bits per heavy atom. The first kappa shape index (κ1) is 16.2. The van der Waals surface area contributed by atoms with E-state index >= 15 is 0 Å². The van der Waals surface area contributed by atoms with Gasteiger partial charge >= 0.3 is 6.01 Å². The molecule has 0 bridgehead atoms. The third-order valence-corrected chi connectivity index (χ3v) is 3.81. The normalized spacial score (nSPS) is 10.8. The van der Waals surface area contributed by atoms with Crippen LogP contribution in [0, 0.1) is 0 Å². The van der Waals surface area contributed by atoms with E-state index in [1.807, 2.05) is 31.3 Å². The zero-order valence-corrected chi connectivity index (χ0v) is 14.4. The van der Waals surface area contributed by atoms with Crippen molar-refractivity contribution in [1.29, 1.82) is 0 Å². The molecule has 0 aliphatic rings. The summed E-state index contributed by atoms with van der Waals surface area (Å²) in [5.41, 5.74) is 1.57. The number of halogens is 1. The van der Waals surface area contributed by atoms with Gasteiger partial charge in [0, 0.05) is 30.0 Å². The van der Waals surface area contributed by atoms with Gasteiger partial charge in [-0.2, -0.15) is 0 Å². The quantitative estimate of drug-likeness (QED) is 0.532. The number of hydrogen-bond acceptors (Lipinski definition) is 7. The number of hydrogen-bond donors (Lipinski definition) is 0. The van der Waals surface area contributed by atoms with Crippen LogP contribution in [0.1, 0.15) is 5.82 Å². The van der Waals surface area contributed by atoms with Crippen molar-refractivity contribution in [3.05, 3.63) is 59.6 Å². The third kappa shape index (κ3) is 3.24.